The molecule has 0 heterocycles. The molecule has 2 aromatic rings. The Morgan fingerprint density at radius 3 is 1.70 bits per heavy atom. The summed E-state index contributed by atoms with van der Waals surface area (Å²) in [6.45, 7) is 13.4. The van der Waals surface area contributed by atoms with Gasteiger partial charge < -0.3 is 4.43 Å². The van der Waals surface area contributed by atoms with Gasteiger partial charge in [0.1, 0.15) is 0 Å². The monoisotopic (exact) mass is 450 g/mol. The average Bonchev–Trinajstić information content (AvgIpc) is 2.70. The predicted molar refractivity (Wildman–Crippen MR) is 124 cm³/mol. The van der Waals surface area contributed by atoms with Crippen LogP contribution in [0.1, 0.15) is 38.8 Å². The Hall–Kier alpha value is -1.27. The number of benzene rings is 2. The number of phosphoric acid groups is 1. The van der Waals surface area contributed by atoms with Crippen LogP contribution in [0.15, 0.2) is 60.7 Å². The molecule has 0 saturated heterocycles. The Balaban J connectivity index is 2.02. The van der Waals surface area contributed by atoms with Crippen LogP contribution in [-0.4, -0.2) is 21.0 Å². The first kappa shape index (κ1) is 25.0. The Labute approximate surface area is 182 Å². The summed E-state index contributed by atoms with van der Waals surface area (Å²) >= 11 is 0. The molecule has 0 N–H and O–H groups in total. The zero-order chi connectivity index (χ0) is 22.3. The molecule has 0 aliphatic rings. The molecule has 30 heavy (non-hydrogen) atoms. The molecule has 0 bridgehead atoms. The maximum Gasteiger partial charge on any atom is 0.475 e. The van der Waals surface area contributed by atoms with Gasteiger partial charge in [0.05, 0.1) is 25.9 Å². The molecule has 1 atom stereocenters. The van der Waals surface area contributed by atoms with Crippen LogP contribution in [0.3, 0.4) is 0 Å². The summed E-state index contributed by atoms with van der Waals surface area (Å²) in [5.74, 6) is 0. The molecule has 0 radical (unpaired) electrons. The summed E-state index contributed by atoms with van der Waals surface area (Å²) in [7, 11) is -5.73. The van der Waals surface area contributed by atoms with E-state index in [-0.39, 0.29) is 18.3 Å². The molecule has 0 unspecified atom stereocenters. The highest BCUT2D eigenvalue weighted by Crippen LogP contribution is 2.52. The van der Waals surface area contributed by atoms with Gasteiger partial charge in [-0.05, 0) is 36.2 Å². The molecule has 0 fully saturated rings. The van der Waals surface area contributed by atoms with Crippen molar-refractivity contribution in [1.82, 2.24) is 0 Å². The highest BCUT2D eigenvalue weighted by Gasteiger charge is 2.38. The van der Waals surface area contributed by atoms with E-state index in [0.717, 1.165) is 11.1 Å². The molecule has 7 heteroatoms. The summed E-state index contributed by atoms with van der Waals surface area (Å²) in [6, 6.07) is 19.1. The standard InChI is InChI=1S/C23H35O5PSi/c1-20(17-27-30(5,6)23(2,3)4)28-29(24,25-18-21-13-9-7-10-14-21)26-19-22-15-11-8-12-16-22/h7-16,20H,17-19H2,1-6H3/t20-/m0/s1. The van der Waals surface area contributed by atoms with Crippen LogP contribution in [0.2, 0.25) is 18.1 Å². The van der Waals surface area contributed by atoms with E-state index in [1.165, 1.54) is 0 Å². The van der Waals surface area contributed by atoms with Crippen molar-refractivity contribution >= 4 is 16.1 Å². The second-order valence-corrected chi connectivity index (χ2v) is 15.4. The van der Waals surface area contributed by atoms with Gasteiger partial charge in [-0.3, -0.25) is 13.6 Å². The molecule has 2 aromatic carbocycles. The fraction of sp³-hybridized carbons (Fsp3) is 0.478. The number of phosphoric ester groups is 1. The summed E-state index contributed by atoms with van der Waals surface area (Å²) in [5.41, 5.74) is 1.80. The van der Waals surface area contributed by atoms with Crippen molar-refractivity contribution in [2.75, 3.05) is 6.61 Å². The van der Waals surface area contributed by atoms with Crippen molar-refractivity contribution in [3.8, 4) is 0 Å². The van der Waals surface area contributed by atoms with E-state index in [0.29, 0.717) is 6.61 Å². The number of rotatable bonds is 11. The van der Waals surface area contributed by atoms with E-state index < -0.39 is 22.2 Å². The Bertz CT molecular complexity index is 758. The topological polar surface area (TPSA) is 54.0 Å². The van der Waals surface area contributed by atoms with Gasteiger partial charge in [-0.1, -0.05) is 81.4 Å². The van der Waals surface area contributed by atoms with E-state index in [4.69, 9.17) is 18.0 Å². The van der Waals surface area contributed by atoms with E-state index in [1.54, 1.807) is 0 Å². The summed E-state index contributed by atoms with van der Waals surface area (Å²) < 4.78 is 36.7. The maximum atomic E-state index is 13.4. The van der Waals surface area contributed by atoms with Crippen molar-refractivity contribution in [3.63, 3.8) is 0 Å². The molecule has 0 amide bonds. The van der Waals surface area contributed by atoms with Crippen molar-refractivity contribution in [2.24, 2.45) is 0 Å². The van der Waals surface area contributed by atoms with Crippen LogP contribution >= 0.6 is 7.82 Å². The first-order valence-electron chi connectivity index (χ1n) is 10.3. The SMILES string of the molecule is C[C@@H](CO[Si](C)(C)C(C)(C)C)OP(=O)(OCc1ccccc1)OCc1ccccc1. The van der Waals surface area contributed by atoms with Gasteiger partial charge in [0, 0.05) is 0 Å². The Morgan fingerprint density at radius 1 is 0.867 bits per heavy atom. The smallest absolute Gasteiger partial charge is 0.414 e. The maximum absolute atomic E-state index is 13.4. The molecule has 0 aliphatic carbocycles. The normalized spacial score (nSPS) is 13.9. The van der Waals surface area contributed by atoms with E-state index in [9.17, 15) is 4.57 Å². The number of hydrogen-bond acceptors (Lipinski definition) is 5. The van der Waals surface area contributed by atoms with Crippen molar-refractivity contribution in [2.45, 2.75) is 65.1 Å². The average molecular weight is 451 g/mol. The molecule has 166 valence electrons. The van der Waals surface area contributed by atoms with Gasteiger partial charge in [-0.25, -0.2) is 4.57 Å². The van der Waals surface area contributed by atoms with Crippen LogP contribution in [0.4, 0.5) is 0 Å². The van der Waals surface area contributed by atoms with Gasteiger partial charge in [-0.2, -0.15) is 0 Å². The van der Waals surface area contributed by atoms with Gasteiger partial charge in [-0.15, -0.1) is 0 Å². The van der Waals surface area contributed by atoms with Crippen LogP contribution in [0.25, 0.3) is 0 Å². The van der Waals surface area contributed by atoms with Crippen molar-refractivity contribution in [1.29, 1.82) is 0 Å². The van der Waals surface area contributed by atoms with Crippen LogP contribution in [0, 0.1) is 0 Å². The van der Waals surface area contributed by atoms with Gasteiger partial charge in [0.2, 0.25) is 0 Å². The number of hydrogen-bond donors (Lipinski definition) is 0. The van der Waals surface area contributed by atoms with Crippen molar-refractivity contribution < 1.29 is 22.6 Å². The third-order valence-corrected chi connectivity index (χ3v) is 11.3. The van der Waals surface area contributed by atoms with Crippen molar-refractivity contribution in [3.05, 3.63) is 71.8 Å². The second kappa shape index (κ2) is 10.8. The largest absolute Gasteiger partial charge is 0.475 e. The van der Waals surface area contributed by atoms with Gasteiger partial charge in [0.15, 0.2) is 8.32 Å². The molecule has 2 rings (SSSR count). The van der Waals surface area contributed by atoms with Crippen LogP contribution in [0.5, 0.6) is 0 Å². The van der Waals surface area contributed by atoms with Gasteiger partial charge in [0.25, 0.3) is 0 Å². The van der Waals surface area contributed by atoms with E-state index in [1.807, 2.05) is 67.6 Å². The summed E-state index contributed by atoms with van der Waals surface area (Å²) in [5, 5.41) is 0.0873. The third kappa shape index (κ3) is 8.10. The molecule has 0 aromatic heterocycles. The van der Waals surface area contributed by atoms with Crippen LogP contribution in [-0.2, 0) is 35.8 Å². The quantitative estimate of drug-likeness (QED) is 0.274. The zero-order valence-corrected chi connectivity index (χ0v) is 20.9. The first-order chi connectivity index (χ1) is 14.0. The second-order valence-electron chi connectivity index (χ2n) is 8.95. The Kier molecular flexibility index (Phi) is 9.04. The fourth-order valence-corrected chi connectivity index (χ4v) is 4.74. The third-order valence-electron chi connectivity index (χ3n) is 5.26. The molecular formula is C23H35O5PSi. The Morgan fingerprint density at radius 2 is 1.30 bits per heavy atom. The minimum atomic E-state index is -3.79. The molecule has 5 nitrogen and oxygen atoms in total. The van der Waals surface area contributed by atoms with E-state index in [2.05, 4.69) is 33.9 Å². The van der Waals surface area contributed by atoms with Crippen LogP contribution < -0.4 is 0 Å². The highest BCUT2D eigenvalue weighted by molar-refractivity contribution is 7.48. The first-order valence-corrected chi connectivity index (χ1v) is 14.7. The lowest BCUT2D eigenvalue weighted by Crippen LogP contribution is -2.42. The molecular weight excluding hydrogens is 415 g/mol. The van der Waals surface area contributed by atoms with E-state index >= 15 is 0 Å². The lowest BCUT2D eigenvalue weighted by atomic mass is 10.2. The summed E-state index contributed by atoms with van der Waals surface area (Å²) in [6.07, 6.45) is -0.434. The molecule has 0 spiro atoms. The minimum Gasteiger partial charge on any atom is -0.414 e. The predicted octanol–water partition coefficient (Wildman–Crippen LogP) is 6.96. The molecule has 0 saturated carbocycles. The lowest BCUT2D eigenvalue weighted by Gasteiger charge is -2.37. The summed E-state index contributed by atoms with van der Waals surface area (Å²) in [4.78, 5) is 0. The molecule has 0 aliphatic heterocycles. The fourth-order valence-electron chi connectivity index (χ4n) is 2.35. The highest BCUT2D eigenvalue weighted by atomic mass is 31.2. The minimum absolute atomic E-state index is 0.0873. The lowest BCUT2D eigenvalue weighted by molar-refractivity contribution is 0.0531. The van der Waals surface area contributed by atoms with Gasteiger partial charge >= 0.3 is 7.82 Å². The zero-order valence-electron chi connectivity index (χ0n) is 19.0.